The van der Waals surface area contributed by atoms with Crippen LogP contribution in [0.15, 0.2) is 47.3 Å². The fourth-order valence-electron chi connectivity index (χ4n) is 3.66. The van der Waals surface area contributed by atoms with E-state index in [0.29, 0.717) is 38.6 Å². The van der Waals surface area contributed by atoms with Gasteiger partial charge < -0.3 is 10.1 Å². The SMILES string of the molecule is Cc1c(C#N)c2nc3ccccc3n2c(=O)/c1=C\Nc1ccc2c(c1)COC2=O. The molecule has 5 rings (SSSR count). The Kier molecular flexibility index (Phi) is 3.61. The van der Waals surface area contributed by atoms with Crippen molar-refractivity contribution in [2.75, 3.05) is 5.32 Å². The normalized spacial score (nSPS) is 13.5. The highest BCUT2D eigenvalue weighted by Crippen LogP contribution is 2.23. The van der Waals surface area contributed by atoms with Crippen LogP contribution in [0.4, 0.5) is 5.69 Å². The molecule has 1 N–H and O–H groups in total. The lowest BCUT2D eigenvalue weighted by Crippen LogP contribution is -2.34. The minimum Gasteiger partial charge on any atom is -0.457 e. The van der Waals surface area contributed by atoms with E-state index in [1.54, 1.807) is 25.3 Å². The third-order valence-corrected chi connectivity index (χ3v) is 5.18. The van der Waals surface area contributed by atoms with E-state index in [9.17, 15) is 14.9 Å². The molecule has 0 saturated heterocycles. The molecule has 0 amide bonds. The van der Waals surface area contributed by atoms with Gasteiger partial charge in [0.05, 0.1) is 27.4 Å². The minimum absolute atomic E-state index is 0.237. The van der Waals surface area contributed by atoms with Gasteiger partial charge in [0.25, 0.3) is 5.56 Å². The maximum absolute atomic E-state index is 13.2. The number of esters is 1. The third-order valence-electron chi connectivity index (χ3n) is 5.18. The Balaban J connectivity index is 1.71. The second-order valence-corrected chi connectivity index (χ2v) is 6.83. The van der Waals surface area contributed by atoms with Crippen molar-refractivity contribution in [3.63, 3.8) is 0 Å². The van der Waals surface area contributed by atoms with E-state index in [1.165, 1.54) is 4.40 Å². The number of nitrogens with zero attached hydrogens (tertiary/aromatic N) is 3. The number of hydrogen-bond acceptors (Lipinski definition) is 6. The molecule has 0 radical (unpaired) electrons. The van der Waals surface area contributed by atoms with E-state index < -0.39 is 0 Å². The lowest BCUT2D eigenvalue weighted by atomic mass is 10.1. The molecule has 0 spiro atoms. The van der Waals surface area contributed by atoms with Crippen molar-refractivity contribution in [3.05, 3.63) is 80.3 Å². The first-order valence-corrected chi connectivity index (χ1v) is 8.99. The van der Waals surface area contributed by atoms with E-state index in [4.69, 9.17) is 4.74 Å². The quantitative estimate of drug-likeness (QED) is 0.534. The van der Waals surface area contributed by atoms with Gasteiger partial charge in [-0.05, 0) is 42.8 Å². The van der Waals surface area contributed by atoms with E-state index in [-0.39, 0.29) is 18.1 Å². The second-order valence-electron chi connectivity index (χ2n) is 6.83. The molecule has 1 aliphatic heterocycles. The van der Waals surface area contributed by atoms with Crippen LogP contribution in [0.25, 0.3) is 22.9 Å². The number of hydrogen-bond donors (Lipinski definition) is 1. The smallest absolute Gasteiger partial charge is 0.338 e. The van der Waals surface area contributed by atoms with Gasteiger partial charge >= 0.3 is 5.97 Å². The van der Waals surface area contributed by atoms with Gasteiger partial charge in [-0.25, -0.2) is 9.78 Å². The predicted molar refractivity (Wildman–Crippen MR) is 107 cm³/mol. The van der Waals surface area contributed by atoms with Crippen LogP contribution >= 0.6 is 0 Å². The van der Waals surface area contributed by atoms with Crippen molar-refractivity contribution in [2.45, 2.75) is 13.5 Å². The number of rotatable bonds is 2. The Morgan fingerprint density at radius 2 is 2.07 bits per heavy atom. The summed E-state index contributed by atoms with van der Waals surface area (Å²) in [6.45, 7) is 1.98. The van der Waals surface area contributed by atoms with Gasteiger partial charge in [-0.2, -0.15) is 5.26 Å². The van der Waals surface area contributed by atoms with E-state index in [2.05, 4.69) is 16.4 Å². The molecule has 7 heteroatoms. The number of pyridine rings is 1. The lowest BCUT2D eigenvalue weighted by molar-refractivity contribution is 0.0535. The van der Waals surface area contributed by atoms with Gasteiger partial charge in [0.2, 0.25) is 0 Å². The molecule has 0 unspecified atom stereocenters. The molecule has 2 aromatic heterocycles. The van der Waals surface area contributed by atoms with Gasteiger partial charge in [-0.1, -0.05) is 12.1 Å². The summed E-state index contributed by atoms with van der Waals surface area (Å²) < 4.78 is 6.49. The Hall–Kier alpha value is -4.18. The molecule has 0 aliphatic carbocycles. The third kappa shape index (κ3) is 2.47. The monoisotopic (exact) mass is 382 g/mol. The zero-order chi connectivity index (χ0) is 20.1. The number of benzene rings is 2. The van der Waals surface area contributed by atoms with Gasteiger partial charge in [0.1, 0.15) is 12.7 Å². The topological polar surface area (TPSA) is 96.5 Å². The van der Waals surface area contributed by atoms with Crippen molar-refractivity contribution in [2.24, 2.45) is 0 Å². The van der Waals surface area contributed by atoms with Crippen LogP contribution in [0.1, 0.15) is 27.0 Å². The molecule has 0 saturated carbocycles. The van der Waals surface area contributed by atoms with Crippen molar-refractivity contribution < 1.29 is 9.53 Å². The van der Waals surface area contributed by atoms with Gasteiger partial charge in [0.15, 0.2) is 5.65 Å². The van der Waals surface area contributed by atoms with Crippen LogP contribution in [-0.4, -0.2) is 15.4 Å². The van der Waals surface area contributed by atoms with Crippen molar-refractivity contribution in [3.8, 4) is 6.07 Å². The Morgan fingerprint density at radius 3 is 2.90 bits per heavy atom. The maximum atomic E-state index is 13.2. The fourth-order valence-corrected chi connectivity index (χ4v) is 3.66. The fraction of sp³-hybridized carbons (Fsp3) is 0.0909. The molecular formula is C22H14N4O3. The number of nitriles is 1. The summed E-state index contributed by atoms with van der Waals surface area (Å²) in [5.41, 5.74) is 4.42. The minimum atomic E-state index is -0.329. The molecule has 0 bridgehead atoms. The second kappa shape index (κ2) is 6.17. The lowest BCUT2D eigenvalue weighted by Gasteiger charge is -2.05. The van der Waals surface area contributed by atoms with E-state index in [1.807, 2.05) is 30.3 Å². The van der Waals surface area contributed by atoms with Gasteiger partial charge in [-0.15, -0.1) is 0 Å². The molecule has 0 fully saturated rings. The molecular weight excluding hydrogens is 368 g/mol. The molecule has 2 aromatic carbocycles. The Morgan fingerprint density at radius 1 is 1.24 bits per heavy atom. The van der Waals surface area contributed by atoms with Crippen molar-refractivity contribution in [1.82, 2.24) is 9.38 Å². The summed E-state index contributed by atoms with van der Waals surface area (Å²) in [7, 11) is 0. The molecule has 140 valence electrons. The molecule has 4 aromatic rings. The largest absolute Gasteiger partial charge is 0.457 e. The number of imidazole rings is 1. The van der Waals surface area contributed by atoms with Crippen LogP contribution in [0.5, 0.6) is 0 Å². The molecule has 7 nitrogen and oxygen atoms in total. The zero-order valence-corrected chi connectivity index (χ0v) is 15.4. The first kappa shape index (κ1) is 17.0. The summed E-state index contributed by atoms with van der Waals surface area (Å²) >= 11 is 0. The number of cyclic esters (lactones) is 1. The number of aromatic nitrogens is 2. The molecule has 3 heterocycles. The van der Waals surface area contributed by atoms with Gasteiger partial charge in [-0.3, -0.25) is 9.20 Å². The molecule has 0 atom stereocenters. The average molecular weight is 382 g/mol. The predicted octanol–water partition coefficient (Wildman–Crippen LogP) is 2.27. The van der Waals surface area contributed by atoms with Crippen LogP contribution in [0, 0.1) is 18.3 Å². The van der Waals surface area contributed by atoms with Crippen molar-refractivity contribution in [1.29, 1.82) is 5.26 Å². The highest BCUT2D eigenvalue weighted by atomic mass is 16.5. The molecule has 29 heavy (non-hydrogen) atoms. The standard InChI is InChI=1S/C22H14N4O3/c1-12-16(9-23)20-25-18-4-2-3-5-19(18)26(20)21(27)17(12)10-24-14-6-7-15-13(8-14)11-29-22(15)28/h2-8,10,24H,11H2,1H3/b17-10-. The van der Waals surface area contributed by atoms with E-state index >= 15 is 0 Å². The summed E-state index contributed by atoms with van der Waals surface area (Å²) in [6, 6.07) is 14.7. The van der Waals surface area contributed by atoms with Gasteiger partial charge in [0, 0.05) is 17.5 Å². The maximum Gasteiger partial charge on any atom is 0.338 e. The number of carbonyl (C=O) groups excluding carboxylic acids is 1. The van der Waals surface area contributed by atoms with Crippen LogP contribution in [0.2, 0.25) is 0 Å². The summed E-state index contributed by atoms with van der Waals surface area (Å²) in [5.74, 6) is -0.329. The Labute approximate surface area is 164 Å². The van der Waals surface area contributed by atoms with Crippen molar-refractivity contribution >= 4 is 34.5 Å². The highest BCUT2D eigenvalue weighted by Gasteiger charge is 2.21. The number of nitrogens with one attached hydrogen (secondary N) is 1. The van der Waals surface area contributed by atoms with Crippen LogP contribution in [-0.2, 0) is 11.3 Å². The van der Waals surface area contributed by atoms with E-state index in [0.717, 1.165) is 11.3 Å². The number of para-hydroxylation sites is 2. The van der Waals surface area contributed by atoms with Crippen LogP contribution < -0.4 is 16.1 Å². The Bertz CT molecular complexity index is 1500. The highest BCUT2D eigenvalue weighted by molar-refractivity contribution is 5.94. The average Bonchev–Trinajstić information content (AvgIpc) is 3.29. The first-order chi connectivity index (χ1) is 14.1. The number of carbonyl (C=O) groups is 1. The zero-order valence-electron chi connectivity index (χ0n) is 15.4. The number of anilines is 1. The molecule has 1 aliphatic rings. The number of ether oxygens (including phenoxy) is 1. The first-order valence-electron chi connectivity index (χ1n) is 8.99. The summed E-state index contributed by atoms with van der Waals surface area (Å²) in [6.07, 6.45) is 1.59. The summed E-state index contributed by atoms with van der Waals surface area (Å²) in [4.78, 5) is 29.3. The summed E-state index contributed by atoms with van der Waals surface area (Å²) in [5, 5.41) is 13.2. The van der Waals surface area contributed by atoms with Crippen LogP contribution in [0.3, 0.4) is 0 Å². The number of fused-ring (bicyclic) bond motifs is 4.